The van der Waals surface area contributed by atoms with Gasteiger partial charge in [0, 0.05) is 32.4 Å². The van der Waals surface area contributed by atoms with E-state index in [0.29, 0.717) is 12.4 Å². The number of para-hydroxylation sites is 2. The molecule has 1 aromatic carbocycles. The topological polar surface area (TPSA) is 55.6 Å². The highest BCUT2D eigenvalue weighted by atomic mass is 16.5. The van der Waals surface area contributed by atoms with Gasteiger partial charge in [-0.15, -0.1) is 0 Å². The number of nitrogens with zero attached hydrogens (tertiary/aromatic N) is 2. The highest BCUT2D eigenvalue weighted by Gasteiger charge is 2.19. The summed E-state index contributed by atoms with van der Waals surface area (Å²) < 4.78 is 11.1. The minimum absolute atomic E-state index is 0.0762. The second kappa shape index (κ2) is 6.10. The molecular formula is C16H18N2O3. The summed E-state index contributed by atoms with van der Waals surface area (Å²) in [4.78, 5) is 18.0. The first kappa shape index (κ1) is 13.8. The summed E-state index contributed by atoms with van der Waals surface area (Å²) in [6.45, 7) is 1.42. The molecule has 2 heterocycles. The Morgan fingerprint density at radius 1 is 1.48 bits per heavy atom. The maximum atomic E-state index is 12.0. The number of benzene rings is 1. The fourth-order valence-corrected chi connectivity index (χ4v) is 2.41. The summed E-state index contributed by atoms with van der Waals surface area (Å²) in [6.07, 6.45) is 5.35. The van der Waals surface area contributed by atoms with E-state index in [9.17, 15) is 4.79 Å². The van der Waals surface area contributed by atoms with Crippen LogP contribution in [0.2, 0.25) is 0 Å². The van der Waals surface area contributed by atoms with Crippen LogP contribution in [0.5, 0.6) is 0 Å². The molecule has 5 heteroatoms. The van der Waals surface area contributed by atoms with Crippen molar-refractivity contribution in [3.63, 3.8) is 0 Å². The molecule has 21 heavy (non-hydrogen) atoms. The smallest absolute Gasteiger partial charge is 0.246 e. The third kappa shape index (κ3) is 3.31. The molecule has 0 spiro atoms. The molecule has 0 N–H and O–H groups in total. The van der Waals surface area contributed by atoms with Gasteiger partial charge in [0.2, 0.25) is 11.8 Å². The fraction of sp³-hybridized carbons (Fsp3) is 0.375. The monoisotopic (exact) mass is 286 g/mol. The number of likely N-dealkylation sites (N-methyl/N-ethyl adjacent to an activating group) is 1. The third-order valence-corrected chi connectivity index (χ3v) is 3.56. The second-order valence-electron chi connectivity index (χ2n) is 5.21. The molecule has 3 rings (SSSR count). The van der Waals surface area contributed by atoms with Crippen LogP contribution in [0.15, 0.2) is 34.8 Å². The Morgan fingerprint density at radius 2 is 2.33 bits per heavy atom. The number of carbonyl (C=O) groups excluding carboxylic acids is 1. The van der Waals surface area contributed by atoms with E-state index in [1.807, 2.05) is 24.3 Å². The number of ether oxygens (including phenoxy) is 1. The minimum Gasteiger partial charge on any atom is -0.437 e. The highest BCUT2D eigenvalue weighted by molar-refractivity contribution is 5.91. The number of hydrogen-bond acceptors (Lipinski definition) is 4. The minimum atomic E-state index is -0.0762. The SMILES string of the molecule is CN(C[C@H]1CCCO1)C(=O)/C=C/c1nc2ccccc2o1. The fourth-order valence-electron chi connectivity index (χ4n) is 2.41. The van der Waals surface area contributed by atoms with Gasteiger partial charge in [-0.3, -0.25) is 4.79 Å². The molecule has 1 fully saturated rings. The molecular weight excluding hydrogens is 268 g/mol. The van der Waals surface area contributed by atoms with Crippen LogP contribution in [-0.4, -0.2) is 42.1 Å². The molecule has 2 aromatic rings. The number of oxazole rings is 1. The van der Waals surface area contributed by atoms with E-state index in [-0.39, 0.29) is 12.0 Å². The van der Waals surface area contributed by atoms with Gasteiger partial charge in [0.05, 0.1) is 6.10 Å². The second-order valence-corrected chi connectivity index (χ2v) is 5.21. The summed E-state index contributed by atoms with van der Waals surface area (Å²) in [6, 6.07) is 7.52. The standard InChI is InChI=1S/C16H18N2O3/c1-18(11-12-5-4-10-20-12)16(19)9-8-15-17-13-6-2-3-7-14(13)21-15/h2-3,6-9,12H,4-5,10-11H2,1H3/b9-8+/t12-/m1/s1. The number of rotatable bonds is 4. The highest BCUT2D eigenvalue weighted by Crippen LogP contribution is 2.16. The first-order valence-corrected chi connectivity index (χ1v) is 7.13. The van der Waals surface area contributed by atoms with Crippen LogP contribution in [0.4, 0.5) is 0 Å². The normalized spacial score (nSPS) is 18.6. The molecule has 0 aliphatic carbocycles. The van der Waals surface area contributed by atoms with Crippen molar-refractivity contribution >= 4 is 23.1 Å². The molecule has 1 atom stereocenters. The zero-order valence-corrected chi connectivity index (χ0v) is 12.0. The van der Waals surface area contributed by atoms with Crippen LogP contribution >= 0.6 is 0 Å². The summed E-state index contributed by atoms with van der Waals surface area (Å²) in [7, 11) is 1.78. The van der Waals surface area contributed by atoms with Gasteiger partial charge in [-0.2, -0.15) is 0 Å². The van der Waals surface area contributed by atoms with E-state index < -0.39 is 0 Å². The van der Waals surface area contributed by atoms with Gasteiger partial charge < -0.3 is 14.1 Å². The Labute approximate surface area is 123 Å². The molecule has 0 bridgehead atoms. The van der Waals surface area contributed by atoms with Crippen molar-refractivity contribution in [2.75, 3.05) is 20.2 Å². The number of aromatic nitrogens is 1. The lowest BCUT2D eigenvalue weighted by Gasteiger charge is -2.19. The molecule has 0 saturated carbocycles. The summed E-state index contributed by atoms with van der Waals surface area (Å²) >= 11 is 0. The van der Waals surface area contributed by atoms with Crippen molar-refractivity contribution in [2.45, 2.75) is 18.9 Å². The summed E-state index contributed by atoms with van der Waals surface area (Å²) in [5.41, 5.74) is 1.51. The lowest BCUT2D eigenvalue weighted by atomic mass is 10.2. The van der Waals surface area contributed by atoms with E-state index in [2.05, 4.69) is 4.98 Å². The predicted octanol–water partition coefficient (Wildman–Crippen LogP) is 2.48. The van der Waals surface area contributed by atoms with Crippen LogP contribution in [0.3, 0.4) is 0 Å². The lowest BCUT2D eigenvalue weighted by molar-refractivity contribution is -0.126. The lowest BCUT2D eigenvalue weighted by Crippen LogP contribution is -2.32. The largest absolute Gasteiger partial charge is 0.437 e. The Bertz CT molecular complexity index is 623. The van der Waals surface area contributed by atoms with E-state index in [0.717, 1.165) is 30.5 Å². The maximum Gasteiger partial charge on any atom is 0.246 e. The zero-order valence-electron chi connectivity index (χ0n) is 12.0. The van der Waals surface area contributed by atoms with Gasteiger partial charge in [-0.1, -0.05) is 12.1 Å². The average Bonchev–Trinajstić information content (AvgIpc) is 3.13. The van der Waals surface area contributed by atoms with Crippen molar-refractivity contribution < 1.29 is 13.9 Å². The molecule has 1 saturated heterocycles. The van der Waals surface area contributed by atoms with Crippen LogP contribution in [0.25, 0.3) is 17.2 Å². The van der Waals surface area contributed by atoms with Gasteiger partial charge in [-0.05, 0) is 25.0 Å². The zero-order chi connectivity index (χ0) is 14.7. The van der Waals surface area contributed by atoms with Crippen LogP contribution in [-0.2, 0) is 9.53 Å². The molecule has 1 amide bonds. The number of carbonyl (C=O) groups is 1. The molecule has 110 valence electrons. The van der Waals surface area contributed by atoms with Crippen LogP contribution < -0.4 is 0 Å². The Kier molecular flexibility index (Phi) is 4.01. The third-order valence-electron chi connectivity index (χ3n) is 3.56. The summed E-state index contributed by atoms with van der Waals surface area (Å²) in [5, 5.41) is 0. The van der Waals surface area contributed by atoms with E-state index in [1.54, 1.807) is 18.0 Å². The van der Waals surface area contributed by atoms with E-state index in [4.69, 9.17) is 9.15 Å². The predicted molar refractivity (Wildman–Crippen MR) is 79.7 cm³/mol. The number of amides is 1. The van der Waals surface area contributed by atoms with Crippen molar-refractivity contribution in [1.29, 1.82) is 0 Å². The van der Waals surface area contributed by atoms with E-state index in [1.165, 1.54) is 6.08 Å². The Balaban J connectivity index is 1.62. The maximum absolute atomic E-state index is 12.0. The first-order valence-electron chi connectivity index (χ1n) is 7.13. The molecule has 0 radical (unpaired) electrons. The van der Waals surface area contributed by atoms with Gasteiger partial charge >= 0.3 is 0 Å². The van der Waals surface area contributed by atoms with Crippen LogP contribution in [0.1, 0.15) is 18.7 Å². The molecule has 5 nitrogen and oxygen atoms in total. The van der Waals surface area contributed by atoms with Crippen molar-refractivity contribution in [3.8, 4) is 0 Å². The van der Waals surface area contributed by atoms with Crippen molar-refractivity contribution in [3.05, 3.63) is 36.2 Å². The summed E-state index contributed by atoms with van der Waals surface area (Å²) in [5.74, 6) is 0.364. The molecule has 1 aromatic heterocycles. The molecule has 1 aliphatic rings. The van der Waals surface area contributed by atoms with Crippen LogP contribution in [0, 0.1) is 0 Å². The number of hydrogen-bond donors (Lipinski definition) is 0. The molecule has 0 unspecified atom stereocenters. The van der Waals surface area contributed by atoms with Crippen molar-refractivity contribution in [1.82, 2.24) is 9.88 Å². The van der Waals surface area contributed by atoms with Gasteiger partial charge in [0.15, 0.2) is 5.58 Å². The first-order chi connectivity index (χ1) is 10.2. The quantitative estimate of drug-likeness (QED) is 0.810. The average molecular weight is 286 g/mol. The van der Waals surface area contributed by atoms with E-state index >= 15 is 0 Å². The van der Waals surface area contributed by atoms with Gasteiger partial charge in [-0.25, -0.2) is 4.98 Å². The van der Waals surface area contributed by atoms with Crippen molar-refractivity contribution in [2.24, 2.45) is 0 Å². The number of fused-ring (bicyclic) bond motifs is 1. The van der Waals surface area contributed by atoms with Gasteiger partial charge in [0.25, 0.3) is 0 Å². The van der Waals surface area contributed by atoms with Gasteiger partial charge in [0.1, 0.15) is 5.52 Å². The molecule has 1 aliphatic heterocycles. The Hall–Kier alpha value is -2.14. The Morgan fingerprint density at radius 3 is 3.10 bits per heavy atom.